The number of benzene rings is 3. The first-order valence-electron chi connectivity index (χ1n) is 11.2. The molecule has 0 heterocycles. The van der Waals surface area contributed by atoms with Crippen LogP contribution in [0.25, 0.3) is 6.08 Å². The van der Waals surface area contributed by atoms with E-state index in [1.54, 1.807) is 54.6 Å². The summed E-state index contributed by atoms with van der Waals surface area (Å²) in [5, 5.41) is 23.1. The standard InChI is InChI=1S/C27H25N3O6/c1-3-34-24-7-5-6-22(16-24)29-27(31)21(17-28)14-20-10-13-25(26(15-20)35-4-2)36-18-19-8-11-23(12-9-19)30(32)33/h5-16H,3-4,18H2,1-2H3,(H,29,31)/b21-14+. The minimum Gasteiger partial charge on any atom is -0.494 e. The van der Waals surface area contributed by atoms with Gasteiger partial charge in [0.25, 0.3) is 11.6 Å². The first-order valence-corrected chi connectivity index (χ1v) is 11.2. The Bertz CT molecular complexity index is 1300. The summed E-state index contributed by atoms with van der Waals surface area (Å²) in [6.45, 7) is 4.75. The average molecular weight is 488 g/mol. The molecule has 0 aliphatic heterocycles. The van der Waals surface area contributed by atoms with E-state index in [0.29, 0.717) is 41.7 Å². The van der Waals surface area contributed by atoms with Gasteiger partial charge in [0.15, 0.2) is 11.5 Å². The van der Waals surface area contributed by atoms with Crippen LogP contribution in [0, 0.1) is 21.4 Å². The van der Waals surface area contributed by atoms with E-state index in [1.165, 1.54) is 18.2 Å². The highest BCUT2D eigenvalue weighted by Gasteiger charge is 2.12. The maximum Gasteiger partial charge on any atom is 0.269 e. The molecular weight excluding hydrogens is 462 g/mol. The molecule has 1 N–H and O–H groups in total. The van der Waals surface area contributed by atoms with Crippen molar-refractivity contribution in [1.29, 1.82) is 5.26 Å². The Balaban J connectivity index is 1.75. The minimum absolute atomic E-state index is 0.00391. The normalized spacial score (nSPS) is 10.8. The van der Waals surface area contributed by atoms with E-state index in [9.17, 15) is 20.2 Å². The van der Waals surface area contributed by atoms with Crippen molar-refractivity contribution in [2.75, 3.05) is 18.5 Å². The Kier molecular flexibility index (Phi) is 9.00. The molecule has 0 saturated carbocycles. The van der Waals surface area contributed by atoms with Gasteiger partial charge in [0.2, 0.25) is 0 Å². The van der Waals surface area contributed by atoms with Gasteiger partial charge in [-0.15, -0.1) is 0 Å². The number of nitro benzene ring substituents is 1. The highest BCUT2D eigenvalue weighted by atomic mass is 16.6. The lowest BCUT2D eigenvalue weighted by molar-refractivity contribution is -0.384. The molecule has 3 aromatic rings. The number of nitrogens with one attached hydrogen (secondary N) is 1. The number of hydrogen-bond donors (Lipinski definition) is 1. The van der Waals surface area contributed by atoms with Crippen LogP contribution >= 0.6 is 0 Å². The number of nitrogens with zero attached hydrogens (tertiary/aromatic N) is 2. The van der Waals surface area contributed by atoms with Gasteiger partial charge in [-0.25, -0.2) is 0 Å². The first-order chi connectivity index (χ1) is 17.4. The maximum atomic E-state index is 12.7. The lowest BCUT2D eigenvalue weighted by Gasteiger charge is -2.13. The number of nitriles is 1. The van der Waals surface area contributed by atoms with E-state index >= 15 is 0 Å². The van der Waals surface area contributed by atoms with Crippen molar-refractivity contribution in [3.63, 3.8) is 0 Å². The van der Waals surface area contributed by atoms with Crippen molar-refractivity contribution in [2.45, 2.75) is 20.5 Å². The minimum atomic E-state index is -0.553. The van der Waals surface area contributed by atoms with Crippen LogP contribution in [-0.2, 0) is 11.4 Å². The fraction of sp³-hybridized carbons (Fsp3) is 0.185. The van der Waals surface area contributed by atoms with Crippen LogP contribution in [0.4, 0.5) is 11.4 Å². The van der Waals surface area contributed by atoms with Crippen molar-refractivity contribution in [1.82, 2.24) is 0 Å². The summed E-state index contributed by atoms with van der Waals surface area (Å²) in [4.78, 5) is 23.0. The molecule has 0 atom stereocenters. The SMILES string of the molecule is CCOc1cccc(NC(=O)/C(C#N)=C/c2ccc(OCc3ccc([N+](=O)[O-])cc3)c(OCC)c2)c1. The Morgan fingerprint density at radius 1 is 1.00 bits per heavy atom. The maximum absolute atomic E-state index is 12.7. The smallest absolute Gasteiger partial charge is 0.269 e. The zero-order chi connectivity index (χ0) is 25.9. The van der Waals surface area contributed by atoms with E-state index in [4.69, 9.17) is 14.2 Å². The van der Waals surface area contributed by atoms with Gasteiger partial charge in [-0.1, -0.05) is 12.1 Å². The molecule has 0 saturated heterocycles. The fourth-order valence-electron chi connectivity index (χ4n) is 3.22. The molecular formula is C27H25N3O6. The second-order valence-corrected chi connectivity index (χ2v) is 7.44. The van der Waals surface area contributed by atoms with Gasteiger partial charge in [0.1, 0.15) is 24.0 Å². The molecule has 9 nitrogen and oxygen atoms in total. The Hall–Kier alpha value is -4.84. The van der Waals surface area contributed by atoms with Crippen LogP contribution in [0.2, 0.25) is 0 Å². The summed E-state index contributed by atoms with van der Waals surface area (Å²) in [7, 11) is 0. The number of hydrogen-bond acceptors (Lipinski definition) is 7. The zero-order valence-electron chi connectivity index (χ0n) is 19.9. The first kappa shape index (κ1) is 25.8. The van der Waals surface area contributed by atoms with Gasteiger partial charge < -0.3 is 19.5 Å². The zero-order valence-corrected chi connectivity index (χ0v) is 19.9. The number of carbonyl (C=O) groups is 1. The summed E-state index contributed by atoms with van der Waals surface area (Å²) in [5.41, 5.74) is 1.76. The van der Waals surface area contributed by atoms with Gasteiger partial charge in [0.05, 0.1) is 18.1 Å². The molecule has 9 heteroatoms. The molecule has 184 valence electrons. The van der Waals surface area contributed by atoms with Crippen molar-refractivity contribution in [3.05, 3.63) is 93.5 Å². The largest absolute Gasteiger partial charge is 0.494 e. The molecule has 1 amide bonds. The molecule has 3 aromatic carbocycles. The van der Waals surface area contributed by atoms with Gasteiger partial charge in [0, 0.05) is 23.9 Å². The van der Waals surface area contributed by atoms with Crippen LogP contribution in [-0.4, -0.2) is 24.0 Å². The van der Waals surface area contributed by atoms with Crippen LogP contribution in [0.5, 0.6) is 17.2 Å². The third-order valence-electron chi connectivity index (χ3n) is 4.89. The lowest BCUT2D eigenvalue weighted by atomic mass is 10.1. The monoisotopic (exact) mass is 487 g/mol. The number of carbonyl (C=O) groups excluding carboxylic acids is 1. The van der Waals surface area contributed by atoms with Crippen LogP contribution in [0.1, 0.15) is 25.0 Å². The van der Waals surface area contributed by atoms with Crippen LogP contribution < -0.4 is 19.5 Å². The molecule has 0 aliphatic rings. The second-order valence-electron chi connectivity index (χ2n) is 7.44. The highest BCUT2D eigenvalue weighted by Crippen LogP contribution is 2.30. The molecule has 0 fully saturated rings. The molecule has 0 spiro atoms. The molecule has 0 radical (unpaired) electrons. The van der Waals surface area contributed by atoms with E-state index in [2.05, 4.69) is 5.32 Å². The van der Waals surface area contributed by atoms with Gasteiger partial charge in [-0.05, 0) is 67.4 Å². The Labute approximate surface area is 208 Å². The third-order valence-corrected chi connectivity index (χ3v) is 4.89. The van der Waals surface area contributed by atoms with E-state index in [1.807, 2.05) is 19.9 Å². The van der Waals surface area contributed by atoms with Crippen molar-refractivity contribution in [3.8, 4) is 23.3 Å². The second kappa shape index (κ2) is 12.6. The van der Waals surface area contributed by atoms with Gasteiger partial charge in [-0.3, -0.25) is 14.9 Å². The topological polar surface area (TPSA) is 124 Å². The molecule has 0 aliphatic carbocycles. The third kappa shape index (κ3) is 7.08. The van der Waals surface area contributed by atoms with E-state index in [-0.39, 0.29) is 17.9 Å². The van der Waals surface area contributed by atoms with Crippen molar-refractivity contribution >= 4 is 23.4 Å². The molecule has 3 rings (SSSR count). The predicted molar refractivity (Wildman–Crippen MR) is 135 cm³/mol. The summed E-state index contributed by atoms with van der Waals surface area (Å²) in [5.74, 6) is 0.962. The van der Waals surface area contributed by atoms with Crippen molar-refractivity contribution in [2.24, 2.45) is 0 Å². The number of amides is 1. The fourth-order valence-corrected chi connectivity index (χ4v) is 3.22. The Morgan fingerprint density at radius 2 is 1.75 bits per heavy atom. The summed E-state index contributed by atoms with van der Waals surface area (Å²) < 4.78 is 17.0. The number of rotatable bonds is 11. The summed E-state index contributed by atoms with van der Waals surface area (Å²) in [6.07, 6.45) is 1.46. The van der Waals surface area contributed by atoms with Gasteiger partial charge in [-0.2, -0.15) is 5.26 Å². The number of anilines is 1. The van der Waals surface area contributed by atoms with E-state index in [0.717, 1.165) is 5.56 Å². The predicted octanol–water partition coefficient (Wildman–Crippen LogP) is 5.52. The molecule has 0 aromatic heterocycles. The molecule has 0 unspecified atom stereocenters. The molecule has 0 bridgehead atoms. The van der Waals surface area contributed by atoms with Crippen molar-refractivity contribution < 1.29 is 23.9 Å². The highest BCUT2D eigenvalue weighted by molar-refractivity contribution is 6.09. The number of ether oxygens (including phenoxy) is 3. The summed E-state index contributed by atoms with van der Waals surface area (Å²) in [6, 6.07) is 20.0. The van der Waals surface area contributed by atoms with Crippen LogP contribution in [0.3, 0.4) is 0 Å². The average Bonchev–Trinajstić information content (AvgIpc) is 2.87. The summed E-state index contributed by atoms with van der Waals surface area (Å²) >= 11 is 0. The number of non-ortho nitro benzene ring substituents is 1. The van der Waals surface area contributed by atoms with E-state index < -0.39 is 10.8 Å². The Morgan fingerprint density at radius 3 is 2.42 bits per heavy atom. The number of nitro groups is 1. The van der Waals surface area contributed by atoms with Crippen LogP contribution in [0.15, 0.2) is 72.3 Å². The lowest BCUT2D eigenvalue weighted by Crippen LogP contribution is -2.13. The molecule has 36 heavy (non-hydrogen) atoms. The quantitative estimate of drug-likeness (QED) is 0.163. The van der Waals surface area contributed by atoms with Gasteiger partial charge >= 0.3 is 0 Å².